The molecule has 1 saturated heterocycles. The van der Waals surface area contributed by atoms with Crippen LogP contribution in [0.3, 0.4) is 0 Å². The number of benzene rings is 2. The molecular weight excluding hydrogens is 374 g/mol. The number of carbonyl (C=O) groups excluding carboxylic acids is 1. The Morgan fingerprint density at radius 1 is 0.893 bits per heavy atom. The zero-order valence-corrected chi connectivity index (χ0v) is 16.0. The second-order valence-electron chi connectivity index (χ2n) is 6.56. The van der Waals surface area contributed by atoms with E-state index in [9.17, 15) is 4.79 Å². The van der Waals surface area contributed by atoms with Gasteiger partial charge in [-0.15, -0.1) is 10.2 Å². The summed E-state index contributed by atoms with van der Waals surface area (Å²) < 4.78 is 0. The molecule has 0 spiro atoms. The number of hydrogen-bond donors (Lipinski definition) is 1. The average molecular weight is 394 g/mol. The molecule has 142 valence electrons. The molecule has 1 aliphatic rings. The van der Waals surface area contributed by atoms with E-state index in [-0.39, 0.29) is 6.03 Å². The Balaban J connectivity index is 1.34. The molecule has 2 heterocycles. The van der Waals surface area contributed by atoms with Gasteiger partial charge >= 0.3 is 6.03 Å². The van der Waals surface area contributed by atoms with E-state index in [4.69, 9.17) is 11.6 Å². The summed E-state index contributed by atoms with van der Waals surface area (Å²) in [5.41, 5.74) is 2.59. The van der Waals surface area contributed by atoms with Gasteiger partial charge in [-0.05, 0) is 30.3 Å². The van der Waals surface area contributed by atoms with E-state index in [1.54, 1.807) is 17.0 Å². The summed E-state index contributed by atoms with van der Waals surface area (Å²) in [5.74, 6) is 0.828. The van der Waals surface area contributed by atoms with E-state index in [1.807, 2.05) is 54.6 Å². The van der Waals surface area contributed by atoms with Gasteiger partial charge in [-0.3, -0.25) is 0 Å². The van der Waals surface area contributed by atoms with Crippen molar-refractivity contribution in [1.29, 1.82) is 0 Å². The highest BCUT2D eigenvalue weighted by molar-refractivity contribution is 6.30. The van der Waals surface area contributed by atoms with Gasteiger partial charge in [0.1, 0.15) is 0 Å². The smallest absolute Gasteiger partial charge is 0.321 e. The second kappa shape index (κ2) is 8.27. The zero-order valence-electron chi connectivity index (χ0n) is 15.3. The molecule has 0 aliphatic carbocycles. The van der Waals surface area contributed by atoms with Crippen molar-refractivity contribution in [2.24, 2.45) is 0 Å². The van der Waals surface area contributed by atoms with Crippen LogP contribution >= 0.6 is 11.6 Å². The maximum Gasteiger partial charge on any atom is 0.321 e. The molecule has 0 bridgehead atoms. The van der Waals surface area contributed by atoms with Crippen LogP contribution in [0.25, 0.3) is 11.3 Å². The first-order chi connectivity index (χ1) is 13.7. The molecule has 0 atom stereocenters. The fourth-order valence-corrected chi connectivity index (χ4v) is 3.35. The van der Waals surface area contributed by atoms with E-state index in [0.717, 1.165) is 17.1 Å². The normalized spacial score (nSPS) is 14.0. The number of amides is 2. The molecule has 0 radical (unpaired) electrons. The van der Waals surface area contributed by atoms with Crippen LogP contribution in [-0.2, 0) is 0 Å². The van der Waals surface area contributed by atoms with Crippen molar-refractivity contribution in [2.75, 3.05) is 36.4 Å². The third kappa shape index (κ3) is 4.23. The fraction of sp³-hybridized carbons (Fsp3) is 0.190. The number of hydrogen-bond acceptors (Lipinski definition) is 4. The van der Waals surface area contributed by atoms with Crippen molar-refractivity contribution >= 4 is 29.1 Å². The Morgan fingerprint density at radius 2 is 1.68 bits per heavy atom. The summed E-state index contributed by atoms with van der Waals surface area (Å²) in [6.07, 6.45) is 0. The van der Waals surface area contributed by atoms with Gasteiger partial charge in [-0.2, -0.15) is 0 Å². The van der Waals surface area contributed by atoms with Gasteiger partial charge in [0.2, 0.25) is 0 Å². The molecule has 3 aromatic rings. The highest BCUT2D eigenvalue weighted by Gasteiger charge is 2.22. The molecule has 7 heteroatoms. The first-order valence-electron chi connectivity index (χ1n) is 9.15. The van der Waals surface area contributed by atoms with E-state index in [0.29, 0.717) is 36.9 Å². The predicted molar refractivity (Wildman–Crippen MR) is 112 cm³/mol. The minimum atomic E-state index is -0.118. The lowest BCUT2D eigenvalue weighted by atomic mass is 10.1. The van der Waals surface area contributed by atoms with Crippen molar-refractivity contribution in [3.8, 4) is 11.3 Å². The highest BCUT2D eigenvalue weighted by Crippen LogP contribution is 2.20. The average Bonchev–Trinajstić information content (AvgIpc) is 2.75. The molecule has 1 fully saturated rings. The summed E-state index contributed by atoms with van der Waals surface area (Å²) in [4.78, 5) is 16.4. The van der Waals surface area contributed by atoms with Crippen LogP contribution in [0.4, 0.5) is 16.3 Å². The first kappa shape index (κ1) is 18.3. The van der Waals surface area contributed by atoms with Crippen LogP contribution in [0.15, 0.2) is 66.7 Å². The van der Waals surface area contributed by atoms with E-state index < -0.39 is 0 Å². The number of piperazine rings is 1. The van der Waals surface area contributed by atoms with Crippen molar-refractivity contribution < 1.29 is 4.79 Å². The minimum absolute atomic E-state index is 0.118. The molecule has 1 aliphatic heterocycles. The molecular formula is C21H20ClN5O. The van der Waals surface area contributed by atoms with Crippen molar-refractivity contribution in [2.45, 2.75) is 0 Å². The van der Waals surface area contributed by atoms with Gasteiger partial charge in [0.05, 0.1) is 5.69 Å². The standard InChI is InChI=1S/C21H20ClN5O/c22-17-7-4-8-18(15-17)23-21(28)27-13-11-26(12-14-27)20-10-9-19(24-25-20)16-5-2-1-3-6-16/h1-10,15H,11-14H2,(H,23,28). The van der Waals surface area contributed by atoms with E-state index in [1.165, 1.54) is 0 Å². The molecule has 0 saturated carbocycles. The maximum atomic E-state index is 12.4. The summed E-state index contributed by atoms with van der Waals surface area (Å²) in [6, 6.07) is 21.0. The summed E-state index contributed by atoms with van der Waals surface area (Å²) in [7, 11) is 0. The Labute approximate surface area is 168 Å². The predicted octanol–water partition coefficient (Wildman–Crippen LogP) is 4.15. The monoisotopic (exact) mass is 393 g/mol. The molecule has 2 amide bonds. The minimum Gasteiger partial charge on any atom is -0.352 e. The number of urea groups is 1. The molecule has 4 rings (SSSR count). The van der Waals surface area contributed by atoms with E-state index >= 15 is 0 Å². The first-order valence-corrected chi connectivity index (χ1v) is 9.52. The Hall–Kier alpha value is -3.12. The van der Waals surface area contributed by atoms with Gasteiger partial charge < -0.3 is 15.1 Å². The number of rotatable bonds is 3. The molecule has 6 nitrogen and oxygen atoms in total. The number of halogens is 1. The number of anilines is 2. The number of nitrogens with one attached hydrogen (secondary N) is 1. The highest BCUT2D eigenvalue weighted by atomic mass is 35.5. The van der Waals surface area contributed by atoms with Gasteiger partial charge in [0.25, 0.3) is 0 Å². The van der Waals surface area contributed by atoms with Crippen LogP contribution in [0, 0.1) is 0 Å². The Kier molecular flexibility index (Phi) is 5.39. The topological polar surface area (TPSA) is 61.4 Å². The molecule has 28 heavy (non-hydrogen) atoms. The third-order valence-electron chi connectivity index (χ3n) is 4.69. The second-order valence-corrected chi connectivity index (χ2v) is 6.99. The van der Waals surface area contributed by atoms with Gasteiger partial charge in [0, 0.05) is 42.5 Å². The Morgan fingerprint density at radius 3 is 2.36 bits per heavy atom. The van der Waals surface area contributed by atoms with Gasteiger partial charge in [-0.25, -0.2) is 4.79 Å². The van der Waals surface area contributed by atoms with Crippen LogP contribution in [0.5, 0.6) is 0 Å². The van der Waals surface area contributed by atoms with Crippen LogP contribution < -0.4 is 10.2 Å². The van der Waals surface area contributed by atoms with Crippen molar-refractivity contribution in [3.05, 3.63) is 71.8 Å². The van der Waals surface area contributed by atoms with Gasteiger partial charge in [-0.1, -0.05) is 48.0 Å². The van der Waals surface area contributed by atoms with Crippen molar-refractivity contribution in [1.82, 2.24) is 15.1 Å². The number of aromatic nitrogens is 2. The number of nitrogens with zero attached hydrogens (tertiary/aromatic N) is 4. The summed E-state index contributed by atoms with van der Waals surface area (Å²) >= 11 is 5.97. The van der Waals surface area contributed by atoms with Crippen molar-refractivity contribution in [3.63, 3.8) is 0 Å². The number of carbonyl (C=O) groups is 1. The fourth-order valence-electron chi connectivity index (χ4n) is 3.16. The maximum absolute atomic E-state index is 12.4. The lowest BCUT2D eigenvalue weighted by Crippen LogP contribution is -2.50. The van der Waals surface area contributed by atoms with Gasteiger partial charge in [0.15, 0.2) is 5.82 Å². The SMILES string of the molecule is O=C(Nc1cccc(Cl)c1)N1CCN(c2ccc(-c3ccccc3)nn2)CC1. The third-order valence-corrected chi connectivity index (χ3v) is 4.92. The Bertz CT molecular complexity index is 941. The molecule has 0 unspecified atom stereocenters. The lowest BCUT2D eigenvalue weighted by Gasteiger charge is -2.35. The molecule has 1 N–H and O–H groups in total. The van der Waals surface area contributed by atoms with E-state index in [2.05, 4.69) is 20.4 Å². The largest absolute Gasteiger partial charge is 0.352 e. The van der Waals surface area contributed by atoms with Crippen LogP contribution in [0.2, 0.25) is 5.02 Å². The summed E-state index contributed by atoms with van der Waals surface area (Å²) in [5, 5.41) is 12.2. The zero-order chi connectivity index (χ0) is 19.3. The quantitative estimate of drug-likeness (QED) is 0.726. The van der Waals surface area contributed by atoms with Crippen LogP contribution in [0.1, 0.15) is 0 Å². The molecule has 1 aromatic heterocycles. The lowest BCUT2D eigenvalue weighted by molar-refractivity contribution is 0.208. The molecule has 2 aromatic carbocycles. The summed E-state index contributed by atoms with van der Waals surface area (Å²) in [6.45, 7) is 2.66. The van der Waals surface area contributed by atoms with Crippen LogP contribution in [-0.4, -0.2) is 47.3 Å².